The van der Waals surface area contributed by atoms with Crippen molar-refractivity contribution in [2.75, 3.05) is 24.8 Å². The first-order valence-corrected chi connectivity index (χ1v) is 9.02. The van der Waals surface area contributed by atoms with Crippen LogP contribution in [0.1, 0.15) is 45.4 Å². The monoisotopic (exact) mass is 266 g/mol. The molecule has 1 aliphatic rings. The molecule has 0 aromatic carbocycles. The van der Waals surface area contributed by atoms with E-state index in [-0.39, 0.29) is 0 Å². The van der Waals surface area contributed by atoms with Gasteiger partial charge in [0.05, 0.1) is 6.61 Å². The van der Waals surface area contributed by atoms with E-state index in [1.54, 1.807) is 0 Å². The fourth-order valence-electron chi connectivity index (χ4n) is 2.51. The van der Waals surface area contributed by atoms with Gasteiger partial charge in [-0.25, -0.2) is 0 Å². The maximum absolute atomic E-state index is 12.6. The molecule has 0 bridgehead atoms. The summed E-state index contributed by atoms with van der Waals surface area (Å²) >= 11 is 5.67. The van der Waals surface area contributed by atoms with Crippen molar-refractivity contribution in [3.8, 4) is 0 Å². The Kier molecular flexibility index (Phi) is 7.03. The first-order valence-electron chi connectivity index (χ1n) is 6.49. The molecule has 1 fully saturated rings. The highest BCUT2D eigenvalue weighted by atomic mass is 35.5. The van der Waals surface area contributed by atoms with Crippen LogP contribution in [0.2, 0.25) is 0 Å². The summed E-state index contributed by atoms with van der Waals surface area (Å²) in [6.45, 7) is 2.49. The lowest BCUT2D eigenvalue weighted by atomic mass is 9.91. The van der Waals surface area contributed by atoms with Crippen LogP contribution in [-0.2, 0) is 9.09 Å². The second-order valence-corrected chi connectivity index (χ2v) is 7.76. The Morgan fingerprint density at radius 3 is 2.56 bits per heavy atom. The van der Waals surface area contributed by atoms with E-state index in [9.17, 15) is 4.57 Å². The molecule has 0 amide bonds. The Labute approximate surface area is 105 Å². The minimum atomic E-state index is -2.39. The molecule has 0 aliphatic heterocycles. The van der Waals surface area contributed by atoms with Gasteiger partial charge < -0.3 is 4.52 Å². The molecule has 4 heteroatoms. The molecule has 1 atom stereocenters. The van der Waals surface area contributed by atoms with E-state index >= 15 is 0 Å². The lowest BCUT2D eigenvalue weighted by Gasteiger charge is -2.26. The summed E-state index contributed by atoms with van der Waals surface area (Å²) in [4.78, 5) is 0. The zero-order valence-electron chi connectivity index (χ0n) is 10.3. The zero-order valence-corrected chi connectivity index (χ0v) is 11.9. The van der Waals surface area contributed by atoms with Gasteiger partial charge in [-0.15, -0.1) is 11.6 Å². The van der Waals surface area contributed by atoms with Gasteiger partial charge in [0, 0.05) is 18.2 Å². The molecule has 1 aliphatic carbocycles. The van der Waals surface area contributed by atoms with E-state index in [0.717, 1.165) is 12.6 Å². The zero-order chi connectivity index (χ0) is 11.9. The van der Waals surface area contributed by atoms with Crippen LogP contribution < -0.4 is 0 Å². The minimum Gasteiger partial charge on any atom is -0.329 e. The SMILES string of the molecule is CCOP(=O)(CCCCl)CC1CCCCC1. The van der Waals surface area contributed by atoms with E-state index in [4.69, 9.17) is 16.1 Å². The molecule has 2 nitrogen and oxygen atoms in total. The van der Waals surface area contributed by atoms with Crippen LogP contribution in [0.25, 0.3) is 0 Å². The van der Waals surface area contributed by atoms with Gasteiger partial charge in [-0.3, -0.25) is 4.57 Å². The van der Waals surface area contributed by atoms with Crippen molar-refractivity contribution in [1.82, 2.24) is 0 Å². The molecule has 1 unspecified atom stereocenters. The van der Waals surface area contributed by atoms with Gasteiger partial charge in [0.2, 0.25) is 7.37 Å². The Morgan fingerprint density at radius 1 is 1.31 bits per heavy atom. The molecule has 0 heterocycles. The maximum atomic E-state index is 12.6. The Hall–Kier alpha value is 0.480. The van der Waals surface area contributed by atoms with E-state index in [0.29, 0.717) is 24.6 Å². The van der Waals surface area contributed by atoms with Gasteiger partial charge in [0.1, 0.15) is 0 Å². The number of hydrogen-bond donors (Lipinski definition) is 0. The third-order valence-electron chi connectivity index (χ3n) is 3.26. The van der Waals surface area contributed by atoms with Crippen molar-refractivity contribution in [1.29, 1.82) is 0 Å². The van der Waals surface area contributed by atoms with Crippen LogP contribution in [0.4, 0.5) is 0 Å². The Balaban J connectivity index is 2.44. The first-order chi connectivity index (χ1) is 7.70. The molecular formula is C12H24ClO2P. The Bertz CT molecular complexity index is 227. The van der Waals surface area contributed by atoms with Gasteiger partial charge in [0.25, 0.3) is 0 Å². The summed E-state index contributed by atoms with van der Waals surface area (Å²) in [6.07, 6.45) is 8.68. The second kappa shape index (κ2) is 7.74. The fourth-order valence-corrected chi connectivity index (χ4v) is 5.51. The van der Waals surface area contributed by atoms with Crippen LogP contribution in [0.15, 0.2) is 0 Å². The molecule has 96 valence electrons. The first kappa shape index (κ1) is 14.5. The van der Waals surface area contributed by atoms with Crippen molar-refractivity contribution in [2.24, 2.45) is 5.92 Å². The van der Waals surface area contributed by atoms with Crippen LogP contribution in [-0.4, -0.2) is 24.8 Å². The molecule has 0 saturated heterocycles. The smallest absolute Gasteiger partial charge is 0.203 e. The lowest BCUT2D eigenvalue weighted by Crippen LogP contribution is -2.14. The van der Waals surface area contributed by atoms with Crippen LogP contribution >= 0.6 is 19.0 Å². The van der Waals surface area contributed by atoms with Gasteiger partial charge in [-0.2, -0.15) is 0 Å². The summed E-state index contributed by atoms with van der Waals surface area (Å²) in [5.74, 6) is 1.21. The highest BCUT2D eigenvalue weighted by molar-refractivity contribution is 7.59. The van der Waals surface area contributed by atoms with Crippen molar-refractivity contribution in [3.05, 3.63) is 0 Å². The van der Waals surface area contributed by atoms with Crippen LogP contribution in [0, 0.1) is 5.92 Å². The normalized spacial score (nSPS) is 21.9. The molecule has 0 N–H and O–H groups in total. The predicted octanol–water partition coefficient (Wildman–Crippen LogP) is 4.51. The third-order valence-corrected chi connectivity index (χ3v) is 6.32. The quantitative estimate of drug-likeness (QED) is 0.501. The van der Waals surface area contributed by atoms with E-state index in [1.165, 1.54) is 32.1 Å². The Morgan fingerprint density at radius 2 is 2.00 bits per heavy atom. The highest BCUT2D eigenvalue weighted by Gasteiger charge is 2.27. The summed E-state index contributed by atoms with van der Waals surface area (Å²) in [5, 5.41) is 0. The van der Waals surface area contributed by atoms with Crippen molar-refractivity contribution in [3.63, 3.8) is 0 Å². The molecule has 0 radical (unpaired) electrons. The number of alkyl halides is 1. The lowest BCUT2D eigenvalue weighted by molar-refractivity contribution is 0.314. The molecule has 0 aromatic heterocycles. The molecule has 0 aromatic rings. The molecule has 1 rings (SSSR count). The van der Waals surface area contributed by atoms with Crippen molar-refractivity contribution in [2.45, 2.75) is 45.4 Å². The van der Waals surface area contributed by atoms with E-state index in [1.807, 2.05) is 6.92 Å². The number of rotatable bonds is 7. The summed E-state index contributed by atoms with van der Waals surface area (Å²) in [7, 11) is -2.39. The van der Waals surface area contributed by atoms with E-state index in [2.05, 4.69) is 0 Å². The average Bonchev–Trinajstić information content (AvgIpc) is 2.28. The van der Waals surface area contributed by atoms with E-state index < -0.39 is 7.37 Å². The van der Waals surface area contributed by atoms with Gasteiger partial charge in [0.15, 0.2) is 0 Å². The minimum absolute atomic E-state index is 0.562. The van der Waals surface area contributed by atoms with Crippen LogP contribution in [0.3, 0.4) is 0 Å². The summed E-state index contributed by atoms with van der Waals surface area (Å²) in [5.41, 5.74) is 0. The van der Waals surface area contributed by atoms with Gasteiger partial charge in [-0.1, -0.05) is 19.3 Å². The van der Waals surface area contributed by atoms with Gasteiger partial charge >= 0.3 is 0 Å². The molecule has 0 spiro atoms. The number of halogens is 1. The van der Waals surface area contributed by atoms with Gasteiger partial charge in [-0.05, 0) is 32.1 Å². The fraction of sp³-hybridized carbons (Fsp3) is 1.00. The molecule has 16 heavy (non-hydrogen) atoms. The highest BCUT2D eigenvalue weighted by Crippen LogP contribution is 2.50. The maximum Gasteiger partial charge on any atom is 0.203 e. The predicted molar refractivity (Wildman–Crippen MR) is 70.9 cm³/mol. The molecule has 1 saturated carbocycles. The summed E-state index contributed by atoms with van der Waals surface area (Å²) < 4.78 is 18.1. The van der Waals surface area contributed by atoms with Crippen LogP contribution in [0.5, 0.6) is 0 Å². The van der Waals surface area contributed by atoms with Crippen molar-refractivity contribution < 1.29 is 9.09 Å². The molecular weight excluding hydrogens is 243 g/mol. The van der Waals surface area contributed by atoms with Crippen molar-refractivity contribution >= 4 is 19.0 Å². The number of hydrogen-bond acceptors (Lipinski definition) is 2. The topological polar surface area (TPSA) is 26.3 Å². The largest absolute Gasteiger partial charge is 0.329 e. The second-order valence-electron chi connectivity index (χ2n) is 4.69. The average molecular weight is 267 g/mol. The third kappa shape index (κ3) is 5.21. The standard InChI is InChI=1S/C12H24ClO2P/c1-2-15-16(14,10-6-9-13)11-12-7-4-3-5-8-12/h12H,2-11H2,1H3. The summed E-state index contributed by atoms with van der Waals surface area (Å²) in [6, 6.07) is 0.